The molecule has 1 heterocycles. The van der Waals surface area contributed by atoms with E-state index in [-0.39, 0.29) is 11.0 Å². The summed E-state index contributed by atoms with van der Waals surface area (Å²) in [7, 11) is -2.55. The summed E-state index contributed by atoms with van der Waals surface area (Å²) in [4.78, 5) is 11.5. The molecule has 1 aliphatic heterocycles. The molecule has 156 valence electrons. The Hall–Kier alpha value is -2.21. The van der Waals surface area contributed by atoms with Crippen molar-refractivity contribution in [3.05, 3.63) is 94.7 Å². The van der Waals surface area contributed by atoms with Crippen LogP contribution in [0.15, 0.2) is 94.7 Å². The standard InChI is InChI=1S/C25H27BrO3Si/c1-19(17-20-18-23(26)24(27)29-20)15-16-28-30(25(2,3)4,21-11-7-5-8-12-21)22-13-9-6-10-14-22/h5-15,17-18H,16H2,1-4H3/b19-15+,20-17+. The van der Waals surface area contributed by atoms with Gasteiger partial charge in [0.15, 0.2) is 0 Å². The van der Waals surface area contributed by atoms with Gasteiger partial charge in [0, 0.05) is 6.08 Å². The fourth-order valence-electron chi connectivity index (χ4n) is 3.78. The van der Waals surface area contributed by atoms with Crippen molar-refractivity contribution in [1.82, 2.24) is 0 Å². The highest BCUT2D eigenvalue weighted by Crippen LogP contribution is 2.36. The molecule has 5 heteroatoms. The van der Waals surface area contributed by atoms with Crippen molar-refractivity contribution in [3.63, 3.8) is 0 Å². The number of cyclic esters (lactones) is 1. The number of ether oxygens (including phenoxy) is 1. The summed E-state index contributed by atoms with van der Waals surface area (Å²) in [6.45, 7) is 9.24. The van der Waals surface area contributed by atoms with Crippen LogP contribution in [-0.4, -0.2) is 20.9 Å². The van der Waals surface area contributed by atoms with E-state index in [1.54, 1.807) is 6.08 Å². The van der Waals surface area contributed by atoms with Crippen LogP contribution in [0, 0.1) is 0 Å². The van der Waals surface area contributed by atoms with Crippen LogP contribution in [0.3, 0.4) is 0 Å². The van der Waals surface area contributed by atoms with Crippen LogP contribution in [-0.2, 0) is 14.0 Å². The Labute approximate surface area is 188 Å². The van der Waals surface area contributed by atoms with Gasteiger partial charge in [0.1, 0.15) is 10.2 Å². The van der Waals surface area contributed by atoms with E-state index in [0.717, 1.165) is 5.57 Å². The molecule has 0 N–H and O–H groups in total. The number of allylic oxidation sites excluding steroid dienone is 3. The molecule has 0 radical (unpaired) electrons. The van der Waals surface area contributed by atoms with E-state index in [4.69, 9.17) is 9.16 Å². The Morgan fingerprint density at radius 3 is 2.00 bits per heavy atom. The molecule has 0 fully saturated rings. The number of carbonyl (C=O) groups excluding carboxylic acids is 1. The molecule has 0 bridgehead atoms. The lowest BCUT2D eigenvalue weighted by Gasteiger charge is -2.42. The van der Waals surface area contributed by atoms with E-state index in [2.05, 4.69) is 85.2 Å². The minimum atomic E-state index is -2.55. The molecular weight excluding hydrogens is 456 g/mol. The molecule has 0 saturated heterocycles. The van der Waals surface area contributed by atoms with E-state index in [1.807, 2.05) is 31.2 Å². The van der Waals surface area contributed by atoms with Gasteiger partial charge < -0.3 is 9.16 Å². The van der Waals surface area contributed by atoms with Crippen molar-refractivity contribution in [2.24, 2.45) is 0 Å². The van der Waals surface area contributed by atoms with Gasteiger partial charge in [-0.3, -0.25) is 0 Å². The molecule has 0 amide bonds. The van der Waals surface area contributed by atoms with Crippen molar-refractivity contribution in [2.45, 2.75) is 32.7 Å². The minimum absolute atomic E-state index is 0.0650. The van der Waals surface area contributed by atoms with Gasteiger partial charge in [0.25, 0.3) is 8.32 Å². The molecule has 2 aromatic rings. The first-order valence-electron chi connectivity index (χ1n) is 9.97. The van der Waals surface area contributed by atoms with Gasteiger partial charge in [0.05, 0.1) is 6.61 Å². The maximum Gasteiger partial charge on any atom is 0.350 e. The number of esters is 1. The monoisotopic (exact) mass is 482 g/mol. The summed E-state index contributed by atoms with van der Waals surface area (Å²) in [6.07, 6.45) is 5.57. The normalized spacial score (nSPS) is 16.6. The lowest BCUT2D eigenvalue weighted by Crippen LogP contribution is -2.66. The molecular formula is C25H27BrO3Si. The second-order valence-corrected chi connectivity index (χ2v) is 13.5. The van der Waals surface area contributed by atoms with Gasteiger partial charge in [-0.05, 0) is 49.9 Å². The molecule has 0 spiro atoms. The summed E-state index contributed by atoms with van der Waals surface area (Å²) in [6, 6.07) is 21.2. The Kier molecular flexibility index (Phi) is 6.96. The highest BCUT2D eigenvalue weighted by atomic mass is 79.9. The number of benzene rings is 2. The average Bonchev–Trinajstić information content (AvgIpc) is 3.02. The molecule has 1 aliphatic rings. The van der Waals surface area contributed by atoms with Gasteiger partial charge in [-0.2, -0.15) is 0 Å². The lowest BCUT2D eigenvalue weighted by atomic mass is 10.2. The molecule has 0 atom stereocenters. The van der Waals surface area contributed by atoms with Crippen molar-refractivity contribution in [3.8, 4) is 0 Å². The van der Waals surface area contributed by atoms with Gasteiger partial charge in [-0.1, -0.05) is 87.5 Å². The second kappa shape index (κ2) is 9.29. The zero-order chi connectivity index (χ0) is 21.8. The van der Waals surface area contributed by atoms with Gasteiger partial charge in [0.2, 0.25) is 0 Å². The van der Waals surface area contributed by atoms with E-state index < -0.39 is 8.32 Å². The Morgan fingerprint density at radius 2 is 1.57 bits per heavy atom. The van der Waals surface area contributed by atoms with E-state index in [0.29, 0.717) is 16.8 Å². The summed E-state index contributed by atoms with van der Waals surface area (Å²) < 4.78 is 12.5. The number of hydrogen-bond acceptors (Lipinski definition) is 3. The molecule has 0 aromatic heterocycles. The predicted octanol–water partition coefficient (Wildman–Crippen LogP) is 5.23. The highest BCUT2D eigenvalue weighted by molar-refractivity contribution is 9.12. The third kappa shape index (κ3) is 4.74. The second-order valence-electron chi connectivity index (χ2n) is 8.35. The molecule has 0 aliphatic carbocycles. The smallest absolute Gasteiger partial charge is 0.350 e. The molecule has 3 nitrogen and oxygen atoms in total. The van der Waals surface area contributed by atoms with Crippen molar-refractivity contribution in [2.75, 3.05) is 6.61 Å². The first-order valence-corrected chi connectivity index (χ1v) is 12.7. The SMILES string of the molecule is CC(=C\CO[Si](c1ccccc1)(c1ccccc1)C(C)(C)C)/C=C1\C=C(Br)C(=O)O1. The summed E-state index contributed by atoms with van der Waals surface area (Å²) in [5.41, 5.74) is 0.981. The largest absolute Gasteiger partial charge is 0.422 e. The van der Waals surface area contributed by atoms with E-state index in [1.165, 1.54) is 10.4 Å². The topological polar surface area (TPSA) is 35.5 Å². The van der Waals surface area contributed by atoms with Gasteiger partial charge in [-0.25, -0.2) is 4.79 Å². The van der Waals surface area contributed by atoms with E-state index in [9.17, 15) is 4.79 Å². The Balaban J connectivity index is 1.94. The summed E-state index contributed by atoms with van der Waals surface area (Å²) in [5.74, 6) is 0.170. The third-order valence-electron chi connectivity index (χ3n) is 5.17. The Bertz CT molecular complexity index is 947. The van der Waals surface area contributed by atoms with Crippen molar-refractivity contribution >= 4 is 40.6 Å². The van der Waals surface area contributed by atoms with Crippen LogP contribution in [0.2, 0.25) is 5.04 Å². The molecule has 30 heavy (non-hydrogen) atoms. The zero-order valence-electron chi connectivity index (χ0n) is 17.8. The van der Waals surface area contributed by atoms with Crippen LogP contribution < -0.4 is 10.4 Å². The van der Waals surface area contributed by atoms with Crippen molar-refractivity contribution in [1.29, 1.82) is 0 Å². The van der Waals surface area contributed by atoms with Crippen LogP contribution >= 0.6 is 15.9 Å². The van der Waals surface area contributed by atoms with Crippen LogP contribution in [0.5, 0.6) is 0 Å². The summed E-state index contributed by atoms with van der Waals surface area (Å²) >= 11 is 3.19. The molecule has 0 unspecified atom stereocenters. The minimum Gasteiger partial charge on any atom is -0.422 e. The molecule has 0 saturated carbocycles. The zero-order valence-corrected chi connectivity index (χ0v) is 20.4. The molecule has 3 rings (SSSR count). The maximum absolute atomic E-state index is 11.5. The predicted molar refractivity (Wildman–Crippen MR) is 129 cm³/mol. The van der Waals surface area contributed by atoms with Gasteiger partial charge >= 0.3 is 5.97 Å². The number of hydrogen-bond donors (Lipinski definition) is 0. The highest BCUT2D eigenvalue weighted by Gasteiger charge is 2.49. The van der Waals surface area contributed by atoms with Crippen molar-refractivity contribution < 1.29 is 14.0 Å². The van der Waals surface area contributed by atoms with Gasteiger partial charge in [-0.15, -0.1) is 0 Å². The fraction of sp³-hybridized carbons (Fsp3) is 0.240. The first kappa shape index (κ1) is 22.5. The maximum atomic E-state index is 11.5. The summed E-state index contributed by atoms with van der Waals surface area (Å²) in [5, 5.41) is 2.44. The Morgan fingerprint density at radius 1 is 1.03 bits per heavy atom. The fourth-order valence-corrected chi connectivity index (χ4v) is 8.58. The average molecular weight is 483 g/mol. The van der Waals surface area contributed by atoms with E-state index >= 15 is 0 Å². The number of rotatable bonds is 6. The van der Waals surface area contributed by atoms with Crippen LogP contribution in [0.25, 0.3) is 0 Å². The van der Waals surface area contributed by atoms with Crippen LogP contribution in [0.1, 0.15) is 27.7 Å². The lowest BCUT2D eigenvalue weighted by molar-refractivity contribution is -0.132. The first-order chi connectivity index (χ1) is 14.2. The third-order valence-corrected chi connectivity index (χ3v) is 10.7. The number of carbonyl (C=O) groups is 1. The van der Waals surface area contributed by atoms with Crippen LogP contribution in [0.4, 0.5) is 0 Å². The molecule has 2 aromatic carbocycles. The number of halogens is 1. The quantitative estimate of drug-likeness (QED) is 0.417.